The maximum absolute atomic E-state index is 12.8. The van der Waals surface area contributed by atoms with E-state index in [2.05, 4.69) is 15.3 Å². The van der Waals surface area contributed by atoms with Crippen molar-refractivity contribution in [2.75, 3.05) is 11.9 Å². The van der Waals surface area contributed by atoms with Crippen LogP contribution in [0.3, 0.4) is 0 Å². The number of anilines is 1. The summed E-state index contributed by atoms with van der Waals surface area (Å²) in [6.45, 7) is -0.318. The van der Waals surface area contributed by atoms with Crippen molar-refractivity contribution < 1.29 is 27.5 Å². The van der Waals surface area contributed by atoms with Gasteiger partial charge in [0.05, 0.1) is 17.8 Å². The third-order valence-corrected chi connectivity index (χ3v) is 4.84. The van der Waals surface area contributed by atoms with E-state index < -0.39 is 18.9 Å². The van der Waals surface area contributed by atoms with Gasteiger partial charge in [-0.1, -0.05) is 17.7 Å². The summed E-state index contributed by atoms with van der Waals surface area (Å²) in [6.07, 6.45) is 1.23. The molecule has 1 aliphatic heterocycles. The number of amides is 2. The topological polar surface area (TPSA) is 97.6 Å². The summed E-state index contributed by atoms with van der Waals surface area (Å²) < 4.78 is 34.6. The van der Waals surface area contributed by atoms with Crippen molar-refractivity contribution in [3.63, 3.8) is 0 Å². The zero-order valence-electron chi connectivity index (χ0n) is 15.8. The number of alkyl halides is 2. The van der Waals surface area contributed by atoms with Gasteiger partial charge in [0.1, 0.15) is 18.2 Å². The normalized spacial score (nSPS) is 12.9. The Morgan fingerprint density at radius 1 is 1.35 bits per heavy atom. The zero-order valence-corrected chi connectivity index (χ0v) is 16.6. The molecule has 1 aromatic carbocycles. The number of halogens is 3. The molecule has 0 radical (unpaired) electrons. The molecule has 1 N–H and O–H groups in total. The molecule has 0 saturated carbocycles. The second-order valence-electron chi connectivity index (χ2n) is 6.63. The van der Waals surface area contributed by atoms with Gasteiger partial charge in [0.15, 0.2) is 6.39 Å². The monoisotopic (exact) mass is 448 g/mol. The molecular weight excluding hydrogens is 434 g/mol. The molecule has 2 amide bonds. The quantitative estimate of drug-likeness (QED) is 0.591. The lowest BCUT2D eigenvalue weighted by Gasteiger charge is -2.17. The minimum absolute atomic E-state index is 0.0179. The summed E-state index contributed by atoms with van der Waals surface area (Å²) in [5.41, 5.74) is 1.69. The molecule has 0 unspecified atom stereocenters. The first-order chi connectivity index (χ1) is 14.9. The summed E-state index contributed by atoms with van der Waals surface area (Å²) in [4.78, 5) is 34.5. The molecular formula is C20H15ClF2N4O4. The van der Waals surface area contributed by atoms with E-state index in [9.17, 15) is 18.4 Å². The molecule has 3 aromatic rings. The molecule has 0 spiro atoms. The van der Waals surface area contributed by atoms with Crippen LogP contribution in [-0.4, -0.2) is 39.7 Å². The molecule has 1 aliphatic rings. The number of fused-ring (bicyclic) bond motifs is 1. The van der Waals surface area contributed by atoms with Crippen molar-refractivity contribution >= 4 is 29.2 Å². The minimum atomic E-state index is -2.61. The van der Waals surface area contributed by atoms with Gasteiger partial charge in [-0.2, -0.15) is 0 Å². The number of pyridine rings is 1. The van der Waals surface area contributed by atoms with Crippen LogP contribution in [0.5, 0.6) is 5.75 Å². The van der Waals surface area contributed by atoms with Crippen molar-refractivity contribution in [2.24, 2.45) is 0 Å². The highest BCUT2D eigenvalue weighted by Gasteiger charge is 2.31. The Morgan fingerprint density at radius 2 is 2.19 bits per heavy atom. The van der Waals surface area contributed by atoms with Gasteiger partial charge in [-0.15, -0.1) is 0 Å². The second-order valence-corrected chi connectivity index (χ2v) is 7.04. The number of aromatic nitrogens is 2. The molecule has 0 fully saturated rings. The molecule has 2 aromatic heterocycles. The Hall–Kier alpha value is -3.53. The number of carbonyl (C=O) groups excluding carboxylic acids is 2. The molecule has 11 heteroatoms. The highest BCUT2D eigenvalue weighted by Crippen LogP contribution is 2.31. The van der Waals surface area contributed by atoms with E-state index in [1.165, 1.54) is 18.5 Å². The van der Waals surface area contributed by atoms with E-state index in [-0.39, 0.29) is 41.3 Å². The van der Waals surface area contributed by atoms with Crippen molar-refractivity contribution in [3.8, 4) is 5.75 Å². The average molecular weight is 449 g/mol. The summed E-state index contributed by atoms with van der Waals surface area (Å²) in [5.74, 6) is -0.353. The van der Waals surface area contributed by atoms with Crippen LogP contribution >= 0.6 is 11.6 Å². The fraction of sp³-hybridized carbons (Fsp3) is 0.200. The van der Waals surface area contributed by atoms with Gasteiger partial charge in [-0.05, 0) is 23.8 Å². The number of hydrogen-bond donors (Lipinski definition) is 1. The van der Waals surface area contributed by atoms with Crippen LogP contribution in [0, 0.1) is 0 Å². The van der Waals surface area contributed by atoms with Crippen LogP contribution in [-0.2, 0) is 13.1 Å². The van der Waals surface area contributed by atoms with Gasteiger partial charge in [0, 0.05) is 23.9 Å². The average Bonchev–Trinajstić information content (AvgIpc) is 3.37. The van der Waals surface area contributed by atoms with E-state index >= 15 is 0 Å². The highest BCUT2D eigenvalue weighted by molar-refractivity contribution is 6.32. The SMILES string of the molecule is O=C(Nc1nccc2c1CN(Cc1ccc(OCC(F)F)c(Cl)c1)C2=O)c1cnco1. The standard InChI is InChI=1S/C20H15ClF2N4O4/c21-14-5-11(1-2-15(14)30-9-17(22)23)7-27-8-13-12(20(27)29)3-4-25-18(13)26-19(28)16-6-24-10-31-16/h1-6,10,17H,7-9H2,(H,25,26,28). The summed E-state index contributed by atoms with van der Waals surface area (Å²) in [7, 11) is 0. The first-order valence-corrected chi connectivity index (χ1v) is 9.46. The predicted molar refractivity (Wildman–Crippen MR) is 105 cm³/mol. The molecule has 0 bridgehead atoms. The molecule has 4 rings (SSSR count). The fourth-order valence-corrected chi connectivity index (χ4v) is 3.41. The van der Waals surface area contributed by atoms with E-state index in [0.29, 0.717) is 16.7 Å². The summed E-state index contributed by atoms with van der Waals surface area (Å²) in [6, 6.07) is 6.27. The fourth-order valence-electron chi connectivity index (χ4n) is 3.15. The van der Waals surface area contributed by atoms with Gasteiger partial charge in [-0.3, -0.25) is 9.59 Å². The summed E-state index contributed by atoms with van der Waals surface area (Å²) >= 11 is 6.11. The number of hydrogen-bond acceptors (Lipinski definition) is 6. The van der Waals surface area contributed by atoms with E-state index in [1.54, 1.807) is 23.1 Å². The maximum Gasteiger partial charge on any atom is 0.294 e. The second kappa shape index (κ2) is 8.68. The van der Waals surface area contributed by atoms with Crippen molar-refractivity contribution in [1.82, 2.24) is 14.9 Å². The van der Waals surface area contributed by atoms with Gasteiger partial charge < -0.3 is 19.4 Å². The van der Waals surface area contributed by atoms with E-state index in [4.69, 9.17) is 20.8 Å². The van der Waals surface area contributed by atoms with Crippen LogP contribution in [0.15, 0.2) is 47.5 Å². The Balaban J connectivity index is 1.48. The van der Waals surface area contributed by atoms with Gasteiger partial charge in [0.2, 0.25) is 5.76 Å². The van der Waals surface area contributed by atoms with Crippen LogP contribution in [0.25, 0.3) is 0 Å². The number of ether oxygens (including phenoxy) is 1. The highest BCUT2D eigenvalue weighted by atomic mass is 35.5. The molecule has 160 valence electrons. The summed E-state index contributed by atoms with van der Waals surface area (Å²) in [5, 5.41) is 2.80. The lowest BCUT2D eigenvalue weighted by Crippen LogP contribution is -2.23. The lowest BCUT2D eigenvalue weighted by molar-refractivity contribution is 0.0765. The van der Waals surface area contributed by atoms with Crippen LogP contribution in [0.1, 0.15) is 32.0 Å². The number of oxazole rings is 1. The van der Waals surface area contributed by atoms with Gasteiger partial charge in [-0.25, -0.2) is 18.7 Å². The first-order valence-electron chi connectivity index (χ1n) is 9.08. The molecule has 31 heavy (non-hydrogen) atoms. The number of carbonyl (C=O) groups is 2. The maximum atomic E-state index is 12.8. The van der Waals surface area contributed by atoms with Crippen molar-refractivity contribution in [1.29, 1.82) is 0 Å². The third-order valence-electron chi connectivity index (χ3n) is 4.54. The Morgan fingerprint density at radius 3 is 2.90 bits per heavy atom. The van der Waals surface area contributed by atoms with Crippen LogP contribution < -0.4 is 10.1 Å². The number of rotatable bonds is 7. The molecule has 0 aliphatic carbocycles. The van der Waals surface area contributed by atoms with Gasteiger partial charge >= 0.3 is 0 Å². The number of nitrogens with one attached hydrogen (secondary N) is 1. The first kappa shape index (κ1) is 20.7. The van der Waals surface area contributed by atoms with Crippen molar-refractivity contribution in [2.45, 2.75) is 19.5 Å². The third kappa shape index (κ3) is 4.48. The van der Waals surface area contributed by atoms with Crippen LogP contribution in [0.2, 0.25) is 5.02 Å². The molecule has 3 heterocycles. The van der Waals surface area contributed by atoms with Crippen molar-refractivity contribution in [3.05, 3.63) is 70.5 Å². The zero-order chi connectivity index (χ0) is 22.0. The Kier molecular flexibility index (Phi) is 5.81. The molecule has 0 atom stereocenters. The Labute approximate surface area is 179 Å². The predicted octanol–water partition coefficient (Wildman–Crippen LogP) is 3.78. The minimum Gasteiger partial charge on any atom is -0.486 e. The number of nitrogens with zero attached hydrogens (tertiary/aromatic N) is 3. The Bertz CT molecular complexity index is 1120. The smallest absolute Gasteiger partial charge is 0.294 e. The largest absolute Gasteiger partial charge is 0.486 e. The van der Waals surface area contributed by atoms with E-state index in [0.717, 1.165) is 6.39 Å². The molecule has 8 nitrogen and oxygen atoms in total. The molecule has 0 saturated heterocycles. The number of benzene rings is 1. The lowest BCUT2D eigenvalue weighted by atomic mass is 10.1. The van der Waals surface area contributed by atoms with E-state index in [1.807, 2.05) is 0 Å². The van der Waals surface area contributed by atoms with Gasteiger partial charge in [0.25, 0.3) is 18.2 Å². The van der Waals surface area contributed by atoms with Crippen LogP contribution in [0.4, 0.5) is 14.6 Å².